The topological polar surface area (TPSA) is 75.6 Å². The molecule has 0 aliphatic heterocycles. The number of carboxylic acids is 1. The van der Waals surface area contributed by atoms with Crippen molar-refractivity contribution >= 4 is 11.9 Å². The third-order valence-electron chi connectivity index (χ3n) is 3.30. The van der Waals surface area contributed by atoms with Gasteiger partial charge in [-0.15, -0.1) is 0 Å². The highest BCUT2D eigenvalue weighted by atomic mass is 19.1. The van der Waals surface area contributed by atoms with Crippen LogP contribution in [0.1, 0.15) is 15.9 Å². The molecule has 0 saturated heterocycles. The fourth-order valence-electron chi connectivity index (χ4n) is 2.16. The highest BCUT2D eigenvalue weighted by Gasteiger charge is 2.22. The van der Waals surface area contributed by atoms with E-state index in [1.165, 1.54) is 7.11 Å². The Morgan fingerprint density at radius 2 is 1.83 bits per heavy atom. The molecular formula is C17H15F2NO4. The quantitative estimate of drug-likeness (QED) is 0.850. The third-order valence-corrected chi connectivity index (χ3v) is 3.30. The highest BCUT2D eigenvalue weighted by Crippen LogP contribution is 2.15. The zero-order valence-corrected chi connectivity index (χ0v) is 12.8. The van der Waals surface area contributed by atoms with Gasteiger partial charge in [0, 0.05) is 18.1 Å². The van der Waals surface area contributed by atoms with Crippen molar-refractivity contribution in [2.24, 2.45) is 0 Å². The van der Waals surface area contributed by atoms with Crippen molar-refractivity contribution in [1.82, 2.24) is 5.32 Å². The molecule has 0 heterocycles. The molecule has 2 aromatic rings. The number of benzene rings is 2. The van der Waals surface area contributed by atoms with Gasteiger partial charge in [0.2, 0.25) is 0 Å². The standard InChI is InChI=1S/C17H15F2NO4/c1-24-14-4-2-3-10(5-14)6-15(17(22)23)20-16(21)11-7-12(18)9-13(19)8-11/h2-5,7-9,15H,6H2,1H3,(H,20,21)(H,22,23)/t15-/m0/s1. The first-order valence-electron chi connectivity index (χ1n) is 7.01. The monoisotopic (exact) mass is 335 g/mol. The molecule has 7 heteroatoms. The number of hydrogen-bond donors (Lipinski definition) is 2. The van der Waals surface area contributed by atoms with Crippen LogP contribution in [0, 0.1) is 11.6 Å². The van der Waals surface area contributed by atoms with E-state index in [1.54, 1.807) is 24.3 Å². The summed E-state index contributed by atoms with van der Waals surface area (Å²) in [5, 5.41) is 11.5. The van der Waals surface area contributed by atoms with Crippen LogP contribution in [0.15, 0.2) is 42.5 Å². The second kappa shape index (κ2) is 7.54. The Morgan fingerprint density at radius 3 is 2.42 bits per heavy atom. The Labute approximate surface area is 136 Å². The molecule has 0 fully saturated rings. The van der Waals surface area contributed by atoms with Crippen LogP contribution in [-0.2, 0) is 11.2 Å². The first-order chi connectivity index (χ1) is 11.4. The van der Waals surface area contributed by atoms with Gasteiger partial charge in [-0.1, -0.05) is 12.1 Å². The van der Waals surface area contributed by atoms with Gasteiger partial charge in [0.25, 0.3) is 5.91 Å². The molecule has 0 aliphatic rings. The Balaban J connectivity index is 2.15. The van der Waals surface area contributed by atoms with E-state index < -0.39 is 29.6 Å². The average molecular weight is 335 g/mol. The summed E-state index contributed by atoms with van der Waals surface area (Å²) >= 11 is 0. The van der Waals surface area contributed by atoms with Gasteiger partial charge in [0.05, 0.1) is 7.11 Å². The average Bonchev–Trinajstić information content (AvgIpc) is 2.53. The fourth-order valence-corrected chi connectivity index (χ4v) is 2.16. The van der Waals surface area contributed by atoms with Crippen LogP contribution >= 0.6 is 0 Å². The summed E-state index contributed by atoms with van der Waals surface area (Å²) < 4.78 is 31.4. The molecule has 0 saturated carbocycles. The highest BCUT2D eigenvalue weighted by molar-refractivity contribution is 5.96. The van der Waals surface area contributed by atoms with Crippen molar-refractivity contribution in [2.45, 2.75) is 12.5 Å². The van der Waals surface area contributed by atoms with Crippen molar-refractivity contribution in [3.63, 3.8) is 0 Å². The SMILES string of the molecule is COc1cccc(C[C@H](NC(=O)c2cc(F)cc(F)c2)C(=O)O)c1. The summed E-state index contributed by atoms with van der Waals surface area (Å²) in [5.74, 6) is -3.42. The summed E-state index contributed by atoms with van der Waals surface area (Å²) in [6.07, 6.45) is -0.00390. The van der Waals surface area contributed by atoms with Crippen LogP contribution in [0.5, 0.6) is 5.75 Å². The third kappa shape index (κ3) is 4.52. The number of carbonyl (C=O) groups excluding carboxylic acids is 1. The van der Waals surface area contributed by atoms with E-state index in [1.807, 2.05) is 0 Å². The normalized spacial score (nSPS) is 11.6. The van der Waals surface area contributed by atoms with Gasteiger partial charge in [0.15, 0.2) is 0 Å². The van der Waals surface area contributed by atoms with E-state index in [0.717, 1.165) is 12.1 Å². The van der Waals surface area contributed by atoms with Crippen molar-refractivity contribution in [2.75, 3.05) is 7.11 Å². The lowest BCUT2D eigenvalue weighted by atomic mass is 10.0. The lowest BCUT2D eigenvalue weighted by Crippen LogP contribution is -2.42. The Bertz CT molecular complexity index is 744. The number of rotatable bonds is 6. The molecule has 1 atom stereocenters. The number of aliphatic carboxylic acids is 1. The summed E-state index contributed by atoms with van der Waals surface area (Å²) in [6.45, 7) is 0. The van der Waals surface area contributed by atoms with Crippen molar-refractivity contribution in [3.05, 3.63) is 65.2 Å². The van der Waals surface area contributed by atoms with Gasteiger partial charge in [0.1, 0.15) is 23.4 Å². The number of halogens is 2. The molecule has 2 aromatic carbocycles. The molecule has 1 amide bonds. The van der Waals surface area contributed by atoms with Crippen LogP contribution < -0.4 is 10.1 Å². The summed E-state index contributed by atoms with van der Waals surface area (Å²) in [4.78, 5) is 23.4. The smallest absolute Gasteiger partial charge is 0.326 e. The minimum Gasteiger partial charge on any atom is -0.497 e. The van der Waals surface area contributed by atoms with E-state index in [-0.39, 0.29) is 12.0 Å². The second-order valence-corrected chi connectivity index (χ2v) is 5.08. The molecule has 2 rings (SSSR count). The maximum atomic E-state index is 13.2. The van der Waals surface area contributed by atoms with Crippen LogP contribution in [0.2, 0.25) is 0 Å². The van der Waals surface area contributed by atoms with Gasteiger partial charge < -0.3 is 15.2 Å². The number of ether oxygens (including phenoxy) is 1. The number of nitrogens with one attached hydrogen (secondary N) is 1. The molecule has 0 spiro atoms. The predicted molar refractivity (Wildman–Crippen MR) is 81.9 cm³/mol. The van der Waals surface area contributed by atoms with Gasteiger partial charge in [-0.2, -0.15) is 0 Å². The van der Waals surface area contributed by atoms with Crippen LogP contribution in [0.25, 0.3) is 0 Å². The first kappa shape index (κ1) is 17.4. The Morgan fingerprint density at radius 1 is 1.17 bits per heavy atom. The molecule has 0 unspecified atom stereocenters. The lowest BCUT2D eigenvalue weighted by Gasteiger charge is -2.15. The number of carbonyl (C=O) groups is 2. The summed E-state index contributed by atoms with van der Waals surface area (Å²) in [5.41, 5.74) is 0.344. The minimum atomic E-state index is -1.26. The summed E-state index contributed by atoms with van der Waals surface area (Å²) in [6, 6.07) is 7.77. The molecule has 0 aromatic heterocycles. The molecule has 2 N–H and O–H groups in total. The van der Waals surface area contributed by atoms with E-state index in [9.17, 15) is 23.5 Å². The molecule has 0 bridgehead atoms. The fraction of sp³-hybridized carbons (Fsp3) is 0.176. The van der Waals surface area contributed by atoms with Gasteiger partial charge in [-0.3, -0.25) is 4.79 Å². The Hall–Kier alpha value is -2.96. The van der Waals surface area contributed by atoms with E-state index in [2.05, 4.69) is 5.32 Å². The molecular weight excluding hydrogens is 320 g/mol. The van der Waals surface area contributed by atoms with Crippen molar-refractivity contribution in [3.8, 4) is 5.75 Å². The van der Waals surface area contributed by atoms with Crippen LogP contribution in [-0.4, -0.2) is 30.1 Å². The molecule has 0 radical (unpaired) electrons. The zero-order chi connectivity index (χ0) is 17.7. The molecule has 0 aliphatic carbocycles. The predicted octanol–water partition coefficient (Wildman–Crippen LogP) is 2.40. The Kier molecular flexibility index (Phi) is 5.47. The zero-order valence-electron chi connectivity index (χ0n) is 12.8. The van der Waals surface area contributed by atoms with Crippen molar-refractivity contribution in [1.29, 1.82) is 0 Å². The van der Waals surface area contributed by atoms with Crippen LogP contribution in [0.4, 0.5) is 8.78 Å². The maximum Gasteiger partial charge on any atom is 0.326 e. The first-order valence-corrected chi connectivity index (χ1v) is 7.01. The largest absolute Gasteiger partial charge is 0.497 e. The lowest BCUT2D eigenvalue weighted by molar-refractivity contribution is -0.139. The van der Waals surface area contributed by atoms with Gasteiger partial charge in [-0.25, -0.2) is 13.6 Å². The molecule has 5 nitrogen and oxygen atoms in total. The second-order valence-electron chi connectivity index (χ2n) is 5.08. The van der Waals surface area contributed by atoms with Gasteiger partial charge >= 0.3 is 5.97 Å². The number of methoxy groups -OCH3 is 1. The number of carboxylic acid groups (broad SMARTS) is 1. The molecule has 24 heavy (non-hydrogen) atoms. The molecule has 126 valence electrons. The van der Waals surface area contributed by atoms with Gasteiger partial charge in [-0.05, 0) is 29.8 Å². The van der Waals surface area contributed by atoms with Crippen LogP contribution in [0.3, 0.4) is 0 Å². The van der Waals surface area contributed by atoms with Crippen molar-refractivity contribution < 1.29 is 28.2 Å². The van der Waals surface area contributed by atoms with E-state index in [4.69, 9.17) is 4.74 Å². The van der Waals surface area contributed by atoms with E-state index >= 15 is 0 Å². The maximum absolute atomic E-state index is 13.2. The van der Waals surface area contributed by atoms with E-state index in [0.29, 0.717) is 17.4 Å². The summed E-state index contributed by atoms with van der Waals surface area (Å²) in [7, 11) is 1.48. The number of hydrogen-bond acceptors (Lipinski definition) is 3. The number of amides is 1. The minimum absolute atomic E-state index is 0.00390.